The highest BCUT2D eigenvalue weighted by atomic mass is 15.3. The summed E-state index contributed by atoms with van der Waals surface area (Å²) in [5.41, 5.74) is 2.88. The Kier molecular flexibility index (Phi) is 3.14. The second kappa shape index (κ2) is 4.39. The summed E-state index contributed by atoms with van der Waals surface area (Å²) in [5.74, 6) is 6.26. The summed E-state index contributed by atoms with van der Waals surface area (Å²) >= 11 is 0. The van der Waals surface area contributed by atoms with E-state index in [1.54, 1.807) is 0 Å². The Morgan fingerprint density at radius 1 is 1.27 bits per heavy atom. The maximum atomic E-state index is 5.48. The normalized spacial score (nSPS) is 26.1. The van der Waals surface area contributed by atoms with Gasteiger partial charge in [0, 0.05) is 5.54 Å². The molecule has 4 heteroatoms. The van der Waals surface area contributed by atoms with Crippen LogP contribution in [0.25, 0.3) is 0 Å². The zero-order chi connectivity index (χ0) is 10.7. The molecule has 15 heavy (non-hydrogen) atoms. The van der Waals surface area contributed by atoms with Crippen LogP contribution in [0.1, 0.15) is 51.9 Å². The van der Waals surface area contributed by atoms with Gasteiger partial charge in [0.05, 0.1) is 6.04 Å². The van der Waals surface area contributed by atoms with Gasteiger partial charge in [-0.2, -0.15) is 0 Å². The molecule has 0 aromatic carbocycles. The predicted octanol–water partition coefficient (Wildman–Crippen LogP) is 1.28. The van der Waals surface area contributed by atoms with E-state index < -0.39 is 0 Å². The molecule has 0 unspecified atom stereocenters. The molecule has 0 aliphatic heterocycles. The summed E-state index contributed by atoms with van der Waals surface area (Å²) in [7, 11) is 0. The van der Waals surface area contributed by atoms with Gasteiger partial charge in [-0.15, -0.1) is 0 Å². The lowest BCUT2D eigenvalue weighted by Gasteiger charge is -2.35. The minimum Gasteiger partial charge on any atom is -0.350 e. The quantitative estimate of drug-likeness (QED) is 0.278. The number of nitrogens with one attached hydrogen (secondary N) is 2. The summed E-state index contributed by atoms with van der Waals surface area (Å²) in [6.07, 6.45) is 8.85. The van der Waals surface area contributed by atoms with Gasteiger partial charge in [-0.3, -0.25) is 5.43 Å². The van der Waals surface area contributed by atoms with Crippen molar-refractivity contribution in [2.24, 2.45) is 10.8 Å². The van der Waals surface area contributed by atoms with E-state index in [0.29, 0.717) is 6.04 Å². The second-order valence-electron chi connectivity index (χ2n) is 5.10. The third kappa shape index (κ3) is 3.09. The lowest BCUT2D eigenvalue weighted by molar-refractivity contribution is 0.288. The topological polar surface area (TPSA) is 62.4 Å². The Hall–Kier alpha value is -0.770. The van der Waals surface area contributed by atoms with Crippen LogP contribution in [0.2, 0.25) is 0 Å². The molecule has 4 N–H and O–H groups in total. The number of hydrogen-bond acceptors (Lipinski definition) is 2. The summed E-state index contributed by atoms with van der Waals surface area (Å²) in [5, 5.41) is 3.47. The van der Waals surface area contributed by atoms with Gasteiger partial charge in [0.1, 0.15) is 0 Å². The highest BCUT2D eigenvalue weighted by molar-refractivity contribution is 5.80. The Labute approximate surface area is 91.7 Å². The number of aliphatic imine (C=N–C) groups is 1. The highest BCUT2D eigenvalue weighted by Crippen LogP contribution is 2.28. The fraction of sp³-hybridized carbons (Fsp3) is 0.909. The van der Waals surface area contributed by atoms with Crippen LogP contribution in [-0.2, 0) is 0 Å². The SMILES string of the molecule is CC1(NC(=NC2CC2)NN)CCCCC1. The molecule has 2 rings (SSSR count). The number of hydrogen-bond donors (Lipinski definition) is 3. The zero-order valence-corrected chi connectivity index (χ0v) is 9.55. The Balaban J connectivity index is 1.91. The molecule has 0 spiro atoms. The number of hydrazine groups is 1. The molecular weight excluding hydrogens is 188 g/mol. The molecule has 0 amide bonds. The van der Waals surface area contributed by atoms with Gasteiger partial charge in [0.2, 0.25) is 5.96 Å². The lowest BCUT2D eigenvalue weighted by atomic mass is 9.83. The number of rotatable bonds is 2. The minimum absolute atomic E-state index is 0.193. The number of nitrogens with zero attached hydrogens (tertiary/aromatic N) is 1. The first kappa shape index (κ1) is 10.7. The first-order valence-electron chi connectivity index (χ1n) is 6.04. The molecule has 0 aromatic heterocycles. The van der Waals surface area contributed by atoms with Crippen molar-refractivity contribution < 1.29 is 0 Å². The van der Waals surface area contributed by atoms with Crippen LogP contribution in [-0.4, -0.2) is 17.5 Å². The average molecular weight is 210 g/mol. The van der Waals surface area contributed by atoms with Crippen molar-refractivity contribution in [2.75, 3.05) is 0 Å². The molecule has 0 heterocycles. The first-order chi connectivity index (χ1) is 7.22. The van der Waals surface area contributed by atoms with Crippen molar-refractivity contribution in [2.45, 2.75) is 63.5 Å². The van der Waals surface area contributed by atoms with E-state index >= 15 is 0 Å². The van der Waals surface area contributed by atoms with Crippen molar-refractivity contribution >= 4 is 5.96 Å². The third-order valence-electron chi connectivity index (χ3n) is 3.37. The summed E-state index contributed by atoms with van der Waals surface area (Å²) in [6, 6.07) is 0.510. The lowest BCUT2D eigenvalue weighted by Crippen LogP contribution is -2.53. The van der Waals surface area contributed by atoms with Crippen LogP contribution >= 0.6 is 0 Å². The van der Waals surface area contributed by atoms with E-state index in [-0.39, 0.29) is 5.54 Å². The minimum atomic E-state index is 0.193. The third-order valence-corrected chi connectivity index (χ3v) is 3.37. The van der Waals surface area contributed by atoms with Crippen LogP contribution in [0.4, 0.5) is 0 Å². The predicted molar refractivity (Wildman–Crippen MR) is 62.4 cm³/mol. The van der Waals surface area contributed by atoms with E-state index in [0.717, 1.165) is 5.96 Å². The molecule has 2 saturated carbocycles. The van der Waals surface area contributed by atoms with E-state index in [4.69, 9.17) is 5.84 Å². The van der Waals surface area contributed by atoms with Crippen LogP contribution in [0.15, 0.2) is 4.99 Å². The van der Waals surface area contributed by atoms with Gasteiger partial charge >= 0.3 is 0 Å². The smallest absolute Gasteiger partial charge is 0.206 e. The van der Waals surface area contributed by atoms with Crippen molar-refractivity contribution in [3.05, 3.63) is 0 Å². The monoisotopic (exact) mass is 210 g/mol. The van der Waals surface area contributed by atoms with E-state index in [9.17, 15) is 0 Å². The van der Waals surface area contributed by atoms with Crippen LogP contribution in [0.3, 0.4) is 0 Å². The Morgan fingerprint density at radius 2 is 1.93 bits per heavy atom. The van der Waals surface area contributed by atoms with Gasteiger partial charge in [-0.25, -0.2) is 10.8 Å². The van der Waals surface area contributed by atoms with E-state index in [2.05, 4.69) is 22.7 Å². The standard InChI is InChI=1S/C11H22N4/c1-11(7-3-2-4-8-11)14-10(15-12)13-9-5-6-9/h9H,2-8,12H2,1H3,(H2,13,14,15). The van der Waals surface area contributed by atoms with Crippen molar-refractivity contribution in [3.63, 3.8) is 0 Å². The molecule has 0 radical (unpaired) electrons. The average Bonchev–Trinajstić information content (AvgIpc) is 3.01. The molecule has 2 fully saturated rings. The molecule has 2 aliphatic rings. The summed E-state index contributed by atoms with van der Waals surface area (Å²) in [6.45, 7) is 2.27. The van der Waals surface area contributed by atoms with Gasteiger partial charge in [0.25, 0.3) is 0 Å². The fourth-order valence-electron chi connectivity index (χ4n) is 2.23. The van der Waals surface area contributed by atoms with Crippen LogP contribution in [0.5, 0.6) is 0 Å². The molecule has 0 aromatic rings. The van der Waals surface area contributed by atoms with Crippen molar-refractivity contribution in [1.82, 2.24) is 10.7 Å². The van der Waals surface area contributed by atoms with Crippen LogP contribution in [0, 0.1) is 0 Å². The maximum Gasteiger partial charge on any atom is 0.206 e. The largest absolute Gasteiger partial charge is 0.350 e. The van der Waals surface area contributed by atoms with E-state index in [1.165, 1.54) is 44.9 Å². The Bertz CT molecular complexity index is 239. The highest BCUT2D eigenvalue weighted by Gasteiger charge is 2.28. The fourth-order valence-corrected chi connectivity index (χ4v) is 2.23. The second-order valence-corrected chi connectivity index (χ2v) is 5.10. The zero-order valence-electron chi connectivity index (χ0n) is 9.55. The molecule has 0 atom stereocenters. The summed E-state index contributed by atoms with van der Waals surface area (Å²) in [4.78, 5) is 4.52. The van der Waals surface area contributed by atoms with Crippen molar-refractivity contribution in [3.8, 4) is 0 Å². The number of nitrogens with two attached hydrogens (primary N) is 1. The maximum absolute atomic E-state index is 5.48. The van der Waals surface area contributed by atoms with Gasteiger partial charge in [-0.1, -0.05) is 19.3 Å². The molecule has 4 nitrogen and oxygen atoms in total. The van der Waals surface area contributed by atoms with Gasteiger partial charge < -0.3 is 5.32 Å². The Morgan fingerprint density at radius 3 is 2.47 bits per heavy atom. The van der Waals surface area contributed by atoms with Crippen molar-refractivity contribution in [1.29, 1.82) is 0 Å². The molecular formula is C11H22N4. The number of guanidine groups is 1. The van der Waals surface area contributed by atoms with Gasteiger partial charge in [0.15, 0.2) is 0 Å². The first-order valence-corrected chi connectivity index (χ1v) is 6.04. The molecule has 0 bridgehead atoms. The molecule has 0 saturated heterocycles. The van der Waals surface area contributed by atoms with Gasteiger partial charge in [-0.05, 0) is 32.6 Å². The van der Waals surface area contributed by atoms with Crippen LogP contribution < -0.4 is 16.6 Å². The van der Waals surface area contributed by atoms with E-state index in [1.807, 2.05) is 0 Å². The summed E-state index contributed by atoms with van der Waals surface area (Å²) < 4.78 is 0. The molecule has 86 valence electrons. The molecule has 2 aliphatic carbocycles.